The van der Waals surface area contributed by atoms with Gasteiger partial charge < -0.3 is 82.4 Å². The number of halogens is 2. The Hall–Kier alpha value is -10.6. The van der Waals surface area contributed by atoms with Gasteiger partial charge in [0.15, 0.2) is 28.7 Å². The number of phosphoric acid groups is 3. The van der Waals surface area contributed by atoms with Gasteiger partial charge in [0.25, 0.3) is 17.7 Å². The molecule has 9 aliphatic heterocycles. The van der Waals surface area contributed by atoms with E-state index in [0.717, 1.165) is 97.4 Å². The maximum atomic E-state index is 15.6. The minimum Gasteiger partial charge on any atom is -0.460 e. The lowest BCUT2D eigenvalue weighted by atomic mass is 9.93. The first-order valence-electron chi connectivity index (χ1n) is 42.1. The smallest absolute Gasteiger partial charge is 0.460 e. The van der Waals surface area contributed by atoms with Crippen molar-refractivity contribution in [1.82, 2.24) is 28.7 Å². The second kappa shape index (κ2) is 37.1. The number of morpholine rings is 3. The van der Waals surface area contributed by atoms with Gasteiger partial charge in [0, 0.05) is 74.3 Å². The van der Waals surface area contributed by atoms with Crippen LogP contribution in [0.25, 0.3) is 0 Å². The molecule has 134 heavy (non-hydrogen) atoms. The van der Waals surface area contributed by atoms with Gasteiger partial charge in [-0.05, 0) is 107 Å². The van der Waals surface area contributed by atoms with Gasteiger partial charge in [-0.15, -0.1) is 35.3 Å². The topological polar surface area (TPSA) is 463 Å². The summed E-state index contributed by atoms with van der Waals surface area (Å²) < 4.78 is 139. The van der Waals surface area contributed by atoms with Gasteiger partial charge in [0.05, 0.1) is 74.4 Å². The van der Waals surface area contributed by atoms with Crippen LogP contribution in [0.3, 0.4) is 0 Å². The summed E-state index contributed by atoms with van der Waals surface area (Å²) in [6, 6.07) is 44.7. The molecule has 6 fully saturated rings. The summed E-state index contributed by atoms with van der Waals surface area (Å²) in [6.45, 7) is -5.56. The van der Waals surface area contributed by atoms with Gasteiger partial charge in [0.1, 0.15) is 31.7 Å². The minimum atomic E-state index is -4.87. The molecule has 3 spiro atoms. The first kappa shape index (κ1) is 92.4. The molecular weight excluding hydrogens is 1880 g/mol. The summed E-state index contributed by atoms with van der Waals surface area (Å²) in [5.74, 6) is -5.31. The van der Waals surface area contributed by atoms with Crippen LogP contribution in [0.4, 0.5) is 8.78 Å². The molecular formula is C87H84F2N9O30P3S3. The average Bonchev–Trinajstić information content (AvgIpc) is 1.46. The Balaban J connectivity index is 0.000000131. The molecule has 704 valence electrons. The highest BCUT2D eigenvalue weighted by Gasteiger charge is 2.62. The minimum absolute atomic E-state index is 0.0156. The third-order valence-corrected chi connectivity index (χ3v) is 30.4. The summed E-state index contributed by atoms with van der Waals surface area (Å²) in [7, 11) is -14.6. The van der Waals surface area contributed by atoms with Crippen molar-refractivity contribution in [2.24, 2.45) is 0 Å². The molecule has 0 radical (unpaired) electrons. The van der Waals surface area contributed by atoms with Gasteiger partial charge >= 0.3 is 35.4 Å². The van der Waals surface area contributed by atoms with Gasteiger partial charge in [0.2, 0.25) is 67.5 Å². The van der Waals surface area contributed by atoms with Crippen LogP contribution in [0.5, 0.6) is 17.2 Å². The second-order valence-corrected chi connectivity index (χ2v) is 40.1. The molecule has 3 amide bonds. The highest BCUT2D eigenvalue weighted by atomic mass is 32.2. The summed E-state index contributed by atoms with van der Waals surface area (Å²) in [5, 5.41) is 23.6. The van der Waals surface area contributed by atoms with Crippen molar-refractivity contribution in [2.75, 3.05) is 102 Å². The van der Waals surface area contributed by atoms with Crippen molar-refractivity contribution in [3.05, 3.63) is 280 Å². The monoisotopic (exact) mass is 1960 g/mol. The van der Waals surface area contributed by atoms with Gasteiger partial charge in [-0.1, -0.05) is 109 Å². The normalized spacial score (nSPS) is 21.4. The lowest BCUT2D eigenvalue weighted by Gasteiger charge is -2.54. The second-order valence-electron chi connectivity index (χ2n) is 32.9. The van der Waals surface area contributed by atoms with Crippen molar-refractivity contribution in [1.29, 1.82) is 0 Å². The van der Waals surface area contributed by atoms with Crippen LogP contribution in [0.1, 0.15) is 138 Å². The Kier molecular flexibility index (Phi) is 25.6. The van der Waals surface area contributed by atoms with Crippen LogP contribution < -0.4 is 45.5 Å². The zero-order chi connectivity index (χ0) is 93.5. The number of carbonyl (C=O) groups excluding carboxylic acids is 5. The van der Waals surface area contributed by atoms with Crippen molar-refractivity contribution in [3.63, 3.8) is 0 Å². The molecule has 6 aromatic carbocycles. The molecule has 21 rings (SSSR count). The number of aliphatic hydroxyl groups is 2. The largest absolute Gasteiger partial charge is 0.483 e. The van der Waals surface area contributed by atoms with Crippen LogP contribution in [0.15, 0.2) is 199 Å². The van der Waals surface area contributed by atoms with E-state index in [9.17, 15) is 56.4 Å². The first-order chi connectivity index (χ1) is 64.5. The fourth-order valence-corrected chi connectivity index (χ4v) is 22.7. The van der Waals surface area contributed by atoms with Crippen molar-refractivity contribution in [3.8, 4) is 17.2 Å². The Morgan fingerprint density at radius 3 is 1.23 bits per heavy atom. The van der Waals surface area contributed by atoms with Crippen LogP contribution in [0, 0.1) is 11.6 Å². The summed E-state index contributed by atoms with van der Waals surface area (Å²) in [6.07, 6.45) is 7.30. The molecule has 6 atom stereocenters. The van der Waals surface area contributed by atoms with Crippen LogP contribution in [-0.4, -0.2) is 210 Å². The zero-order valence-corrected chi connectivity index (χ0v) is 75.6. The maximum Gasteiger partial charge on any atom is 0.483 e. The third kappa shape index (κ3) is 18.0. The number of esters is 2. The molecule has 6 N–H and O–H groups in total. The number of ether oxygens (including phenoxy) is 8. The highest BCUT2D eigenvalue weighted by Crippen LogP contribution is 2.56. The number of amides is 3. The van der Waals surface area contributed by atoms with Gasteiger partial charge in [-0.2, -0.15) is 0 Å². The standard InChI is InChI=1S/C33H32F2N3O14PS.2C27H26N3O8PS/c34-22-6-5-19-21(28(22)35)14-54-24-4-2-1-3-20(24)29(19)38-25-13-49-33(8-9-33)15-36(25)32(44)30-31(23(41)7-10-37(30)38)48-18-52-53(45,50-16-46-26(42)11-39)51-17-47-27(43)12-40;31-20-9-12-29-24(25(20)36-16-38-39(33,34)35)26(32)28-15-27(10-11-27)37-13-22(28)30(29)23-18-6-2-1-5-17(18)14-40-21-8-4-3-7-19(21)23;31-20-9-12-28-24(25(20)37-16-38-39(33,34)35)26(32)29-22(13-36-15-27(29)10-11-27)30(28)23-18-6-2-1-5-17(18)14-40-21-8-4-3-7-19(21)23/h1-7,10,25,29,39-40H,8-9,11-18H2;2*1-9,12,22-23H,10-11,13-16H2,(H2,33,34,35)/t25-,29+;2*22-,23+/m111/s1. The number of hydrogen-bond donors (Lipinski definition) is 6. The van der Waals surface area contributed by atoms with E-state index in [4.69, 9.17) is 71.8 Å². The van der Waals surface area contributed by atoms with Crippen LogP contribution in [0.2, 0.25) is 0 Å². The van der Waals surface area contributed by atoms with E-state index in [1.165, 1.54) is 40.8 Å². The zero-order valence-electron chi connectivity index (χ0n) is 70.5. The Morgan fingerprint density at radius 2 is 0.813 bits per heavy atom. The molecule has 12 heterocycles. The van der Waals surface area contributed by atoms with Gasteiger partial charge in [-0.25, -0.2) is 54.7 Å². The Labute approximate surface area is 772 Å². The molecule has 9 aromatic rings. The molecule has 3 aromatic heterocycles. The number of fused-ring (bicyclic) bond motifs is 13. The molecule has 47 heteroatoms. The fourth-order valence-electron chi connectivity index (χ4n) is 18.2. The van der Waals surface area contributed by atoms with Crippen molar-refractivity contribution < 1.29 is 137 Å². The Morgan fingerprint density at radius 1 is 0.433 bits per heavy atom. The number of rotatable bonds is 23. The molecule has 3 saturated carbocycles. The summed E-state index contributed by atoms with van der Waals surface area (Å²) >= 11 is 4.82. The third-order valence-electron chi connectivity index (χ3n) is 24.9. The van der Waals surface area contributed by atoms with Crippen molar-refractivity contribution in [2.45, 2.75) is 124 Å². The van der Waals surface area contributed by atoms with E-state index in [1.54, 1.807) is 66.1 Å². The van der Waals surface area contributed by atoms with E-state index in [2.05, 4.69) is 77.1 Å². The molecule has 3 saturated heterocycles. The highest BCUT2D eigenvalue weighted by molar-refractivity contribution is 7.99. The number of phosphoric ester groups is 3. The lowest BCUT2D eigenvalue weighted by Crippen LogP contribution is -2.70. The van der Waals surface area contributed by atoms with E-state index < -0.39 is 175 Å². The quantitative estimate of drug-likeness (QED) is 0.0199. The number of thioether (sulfide) groups is 3. The Bertz CT molecular complexity index is 6420. The predicted octanol–water partition coefficient (Wildman–Crippen LogP) is 8.23. The SMILES string of the molecule is O=C(CO)OCOP(=O)(OCOC(=O)CO)OCOc1c2n(ccc1=O)N([C@@H]1c3ccccc3SCc3c1ccc(F)c3F)[C@@H]1COC3(CC3)CN1C2=O.O=C1c2c(OCOP(=O)(O)O)c(=O)ccn2N([C@H]2c3ccccc3CSc3ccccc32)[C@@H]2COC3(CC3)CN12.O=C1c2c(OCOP(=O)(O)O)c(=O)ccn2N([C@H]2c3ccccc3CSc3ccccc32)[C@@H]2COCC3(CC3)N12. The lowest BCUT2D eigenvalue weighted by molar-refractivity contribution is -0.157. The van der Waals surface area contributed by atoms with E-state index in [1.807, 2.05) is 71.6 Å². The van der Waals surface area contributed by atoms with E-state index in [-0.39, 0.29) is 78.3 Å². The number of carbonyl (C=O) groups is 5. The number of pyridine rings is 3. The number of hydrogen-bond acceptors (Lipinski definition) is 32. The molecule has 39 nitrogen and oxygen atoms in total. The van der Waals surface area contributed by atoms with E-state index in [0.29, 0.717) is 37.1 Å². The fraction of sp³-hybridized carbons (Fsp3) is 0.356. The van der Waals surface area contributed by atoms with Gasteiger partial charge in [-0.3, -0.25) is 57.8 Å². The predicted molar refractivity (Wildman–Crippen MR) is 467 cm³/mol. The molecule has 3 aliphatic carbocycles. The summed E-state index contributed by atoms with van der Waals surface area (Å²) in [5.41, 5.74) is 4.03. The van der Waals surface area contributed by atoms with Crippen molar-refractivity contribution >= 4 is 88.4 Å². The number of aromatic nitrogens is 3. The summed E-state index contributed by atoms with van der Waals surface area (Å²) in [4.78, 5) is 150. The van der Waals surface area contributed by atoms with Crippen LogP contribution >= 0.6 is 58.8 Å². The maximum absolute atomic E-state index is 15.6. The number of aliphatic hydroxyl groups excluding tert-OH is 2. The average molecular weight is 1960 g/mol. The molecule has 0 bridgehead atoms. The first-order valence-corrected chi connectivity index (χ1v) is 49.5. The number of nitrogens with zero attached hydrogens (tertiary/aromatic N) is 9. The van der Waals surface area contributed by atoms with E-state index >= 15 is 4.39 Å². The number of benzene rings is 6. The molecule has 0 unspecified atom stereocenters. The molecule has 12 aliphatic rings. The van der Waals surface area contributed by atoms with Crippen LogP contribution in [-0.2, 0) is 86.8 Å².